The monoisotopic (exact) mass is 671 g/mol. The third-order valence-corrected chi connectivity index (χ3v) is 9.19. The van der Waals surface area contributed by atoms with Crippen molar-refractivity contribution in [3.63, 3.8) is 0 Å². The smallest absolute Gasteiger partial charge is 0.255 e. The second-order valence-corrected chi connectivity index (χ2v) is 12.5. The van der Waals surface area contributed by atoms with Gasteiger partial charge in [0, 0.05) is 54.7 Å². The van der Waals surface area contributed by atoms with Crippen LogP contribution >= 0.6 is 0 Å². The van der Waals surface area contributed by atoms with Crippen molar-refractivity contribution in [1.82, 2.24) is 20.2 Å². The van der Waals surface area contributed by atoms with E-state index in [2.05, 4.69) is 44.5 Å². The zero-order valence-corrected chi connectivity index (χ0v) is 27.9. The number of aromatic nitrogens is 2. The molecule has 2 unspecified atom stereocenters. The van der Waals surface area contributed by atoms with Gasteiger partial charge >= 0.3 is 0 Å². The fraction of sp³-hybridized carbons (Fsp3) is 0.140. The third-order valence-electron chi connectivity index (χ3n) is 9.19. The van der Waals surface area contributed by atoms with Gasteiger partial charge in [0.1, 0.15) is 12.1 Å². The molecule has 0 fully saturated rings. The molecule has 252 valence electrons. The first-order chi connectivity index (χ1) is 25.1. The number of aromatic amines is 1. The lowest BCUT2D eigenvalue weighted by atomic mass is 9.91. The van der Waals surface area contributed by atoms with Gasteiger partial charge in [0.25, 0.3) is 5.91 Å². The SMILES string of the molecule is O=C(c1ccccc1)c1ccccc1C(=O)N(CCc1cnc[nH]1)C(C(=O)NCC(c1ccccc1)c1ccccc1)c1cccc(C2C=N2)c1. The molecule has 1 aliphatic rings. The van der Waals surface area contributed by atoms with Crippen molar-refractivity contribution in [3.05, 3.63) is 197 Å². The third kappa shape index (κ3) is 7.76. The molecule has 7 rings (SSSR count). The molecular formula is C43H37N5O3. The van der Waals surface area contributed by atoms with Crippen LogP contribution in [0.25, 0.3) is 0 Å². The number of hydrogen-bond donors (Lipinski definition) is 2. The summed E-state index contributed by atoms with van der Waals surface area (Å²) in [7, 11) is 0. The van der Waals surface area contributed by atoms with Crippen LogP contribution in [0.5, 0.6) is 0 Å². The number of nitrogens with zero attached hydrogens (tertiary/aromatic N) is 3. The van der Waals surface area contributed by atoms with Crippen molar-refractivity contribution in [2.45, 2.75) is 24.4 Å². The Kier molecular flexibility index (Phi) is 10.0. The highest BCUT2D eigenvalue weighted by atomic mass is 16.2. The van der Waals surface area contributed by atoms with Crippen LogP contribution in [0.4, 0.5) is 0 Å². The first-order valence-electron chi connectivity index (χ1n) is 17.0. The average molecular weight is 672 g/mol. The van der Waals surface area contributed by atoms with Crippen molar-refractivity contribution >= 4 is 23.8 Å². The minimum Gasteiger partial charge on any atom is -0.353 e. The second kappa shape index (κ2) is 15.4. The van der Waals surface area contributed by atoms with Gasteiger partial charge in [-0.1, -0.05) is 133 Å². The van der Waals surface area contributed by atoms with Crippen LogP contribution < -0.4 is 5.32 Å². The van der Waals surface area contributed by atoms with E-state index in [1.54, 1.807) is 66.0 Å². The van der Waals surface area contributed by atoms with Crippen molar-refractivity contribution in [2.75, 3.05) is 13.1 Å². The lowest BCUT2D eigenvalue weighted by Crippen LogP contribution is -2.46. The van der Waals surface area contributed by atoms with Gasteiger partial charge in [0.2, 0.25) is 5.91 Å². The molecule has 6 aromatic rings. The summed E-state index contributed by atoms with van der Waals surface area (Å²) >= 11 is 0. The molecule has 8 nitrogen and oxygen atoms in total. The highest BCUT2D eigenvalue weighted by molar-refractivity contribution is 6.15. The Morgan fingerprint density at radius 3 is 1.96 bits per heavy atom. The molecule has 0 radical (unpaired) electrons. The number of rotatable bonds is 14. The fourth-order valence-electron chi connectivity index (χ4n) is 6.48. The Balaban J connectivity index is 1.28. The number of carbonyl (C=O) groups excluding carboxylic acids is 3. The zero-order valence-electron chi connectivity index (χ0n) is 27.9. The van der Waals surface area contributed by atoms with Gasteiger partial charge in [-0.2, -0.15) is 0 Å². The van der Waals surface area contributed by atoms with Gasteiger partial charge in [0.15, 0.2) is 5.78 Å². The van der Waals surface area contributed by atoms with E-state index in [9.17, 15) is 14.4 Å². The van der Waals surface area contributed by atoms with Crippen LogP contribution in [0.2, 0.25) is 0 Å². The number of H-pyrrole nitrogens is 1. The summed E-state index contributed by atoms with van der Waals surface area (Å²) in [5, 5.41) is 3.23. The Hall–Kier alpha value is -6.41. The van der Waals surface area contributed by atoms with E-state index in [0.717, 1.165) is 22.4 Å². The number of ketones is 1. The summed E-state index contributed by atoms with van der Waals surface area (Å²) in [6, 6.07) is 42.5. The summed E-state index contributed by atoms with van der Waals surface area (Å²) in [5.74, 6) is -1.15. The Morgan fingerprint density at radius 2 is 1.33 bits per heavy atom. The largest absolute Gasteiger partial charge is 0.353 e. The van der Waals surface area contributed by atoms with E-state index < -0.39 is 11.9 Å². The summed E-state index contributed by atoms with van der Waals surface area (Å²) in [4.78, 5) is 56.7. The first kappa shape index (κ1) is 33.1. The Labute approximate surface area is 296 Å². The van der Waals surface area contributed by atoms with Crippen LogP contribution in [-0.2, 0) is 11.2 Å². The normalized spacial score (nSPS) is 13.8. The van der Waals surface area contributed by atoms with Crippen molar-refractivity contribution in [2.24, 2.45) is 4.99 Å². The topological polar surface area (TPSA) is 108 Å². The van der Waals surface area contributed by atoms with Crippen LogP contribution in [0.1, 0.15) is 72.2 Å². The van der Waals surface area contributed by atoms with Gasteiger partial charge in [-0.05, 0) is 28.3 Å². The predicted molar refractivity (Wildman–Crippen MR) is 198 cm³/mol. The van der Waals surface area contributed by atoms with Crippen LogP contribution in [-0.4, -0.2) is 51.8 Å². The van der Waals surface area contributed by atoms with Crippen LogP contribution in [0.15, 0.2) is 157 Å². The summed E-state index contributed by atoms with van der Waals surface area (Å²) in [6.45, 7) is 0.485. The Morgan fingerprint density at radius 1 is 0.725 bits per heavy atom. The summed E-state index contributed by atoms with van der Waals surface area (Å²) in [6.07, 6.45) is 5.56. The number of nitrogens with one attached hydrogen (secondary N) is 2. The molecule has 2 N–H and O–H groups in total. The first-order valence-corrected chi connectivity index (χ1v) is 17.0. The number of benzene rings is 5. The van der Waals surface area contributed by atoms with Crippen LogP contribution in [0, 0.1) is 0 Å². The molecular weight excluding hydrogens is 635 g/mol. The van der Waals surface area contributed by atoms with E-state index in [4.69, 9.17) is 0 Å². The van der Waals surface area contributed by atoms with Crippen molar-refractivity contribution in [3.8, 4) is 0 Å². The minimum atomic E-state index is -1.02. The van der Waals surface area contributed by atoms with Gasteiger partial charge in [-0.3, -0.25) is 19.4 Å². The lowest BCUT2D eigenvalue weighted by molar-refractivity contribution is -0.126. The minimum absolute atomic E-state index is 0.0485. The molecule has 8 heteroatoms. The van der Waals surface area contributed by atoms with Crippen LogP contribution in [0.3, 0.4) is 0 Å². The molecule has 0 aliphatic carbocycles. The standard InChI is InChI=1S/C43H37N5O3/c49-41(32-17-8-3-9-18-32)36-21-10-11-22-37(36)43(51)48(24-23-35-26-44-29-47-35)40(34-20-12-19-33(25-34)39-28-45-39)42(50)46-27-38(30-13-4-1-5-14-30)31-15-6-2-7-16-31/h1-22,25-26,28-29,38-40H,23-24,27H2,(H,44,47)(H,46,50). The molecule has 1 aliphatic heterocycles. The lowest BCUT2D eigenvalue weighted by Gasteiger charge is -2.33. The molecule has 0 saturated carbocycles. The number of hydrogen-bond acceptors (Lipinski definition) is 5. The molecule has 0 saturated heterocycles. The maximum atomic E-state index is 14.9. The molecule has 0 bridgehead atoms. The molecule has 2 heterocycles. The zero-order chi connectivity index (χ0) is 35.0. The molecule has 1 aromatic heterocycles. The molecule has 0 spiro atoms. The van der Waals surface area contributed by atoms with E-state index in [-0.39, 0.29) is 41.3 Å². The maximum absolute atomic E-state index is 14.9. The molecule has 2 atom stereocenters. The van der Waals surface area contributed by atoms with Crippen molar-refractivity contribution in [1.29, 1.82) is 0 Å². The summed E-state index contributed by atoms with van der Waals surface area (Å²) < 4.78 is 0. The van der Waals surface area contributed by atoms with E-state index in [1.165, 1.54) is 0 Å². The molecule has 51 heavy (non-hydrogen) atoms. The molecule has 5 aromatic carbocycles. The second-order valence-electron chi connectivity index (χ2n) is 12.5. The average Bonchev–Trinajstić information content (AvgIpc) is 3.92. The van der Waals surface area contributed by atoms with Gasteiger partial charge in [0.05, 0.1) is 11.9 Å². The number of carbonyl (C=O) groups is 3. The molecule has 2 amide bonds. The number of aliphatic imine (C=N–C) groups is 1. The maximum Gasteiger partial charge on any atom is 0.255 e. The fourth-order valence-corrected chi connectivity index (χ4v) is 6.48. The summed E-state index contributed by atoms with van der Waals surface area (Å²) in [5.41, 5.74) is 5.51. The van der Waals surface area contributed by atoms with Gasteiger partial charge in [-0.25, -0.2) is 4.98 Å². The van der Waals surface area contributed by atoms with E-state index in [1.807, 2.05) is 72.9 Å². The highest BCUT2D eigenvalue weighted by Crippen LogP contribution is 2.31. The van der Waals surface area contributed by atoms with Gasteiger partial charge < -0.3 is 15.2 Å². The van der Waals surface area contributed by atoms with Crippen molar-refractivity contribution < 1.29 is 14.4 Å². The van der Waals surface area contributed by atoms with Gasteiger partial charge in [-0.15, -0.1) is 0 Å². The highest BCUT2D eigenvalue weighted by Gasteiger charge is 2.35. The Bertz CT molecular complexity index is 2090. The van der Waals surface area contributed by atoms with E-state index >= 15 is 0 Å². The number of amides is 2. The predicted octanol–water partition coefficient (Wildman–Crippen LogP) is 7.14. The number of imidazole rings is 1. The quantitative estimate of drug-likeness (QED) is 0.120. The van der Waals surface area contributed by atoms with E-state index in [0.29, 0.717) is 24.1 Å².